The third-order valence-corrected chi connectivity index (χ3v) is 5.47. The van der Waals surface area contributed by atoms with Crippen LogP contribution in [0.15, 0.2) is 36.5 Å². The van der Waals surface area contributed by atoms with Crippen LogP contribution in [0.4, 0.5) is 11.4 Å². The Morgan fingerprint density at radius 3 is 2.88 bits per heavy atom. The van der Waals surface area contributed by atoms with Crippen LogP contribution in [0, 0.1) is 0 Å². The van der Waals surface area contributed by atoms with Crippen molar-refractivity contribution >= 4 is 28.4 Å². The molecule has 1 amide bonds. The maximum absolute atomic E-state index is 13.5. The molecule has 0 aliphatic carbocycles. The van der Waals surface area contributed by atoms with Gasteiger partial charge in [0.2, 0.25) is 0 Å². The average molecular weight is 348 g/mol. The largest absolute Gasteiger partial charge is 0.365 e. The minimum Gasteiger partial charge on any atom is -0.365 e. The van der Waals surface area contributed by atoms with E-state index in [1.54, 1.807) is 24.0 Å². The van der Waals surface area contributed by atoms with Crippen LogP contribution < -0.4 is 9.80 Å². The molecule has 0 radical (unpaired) electrons. The van der Waals surface area contributed by atoms with Crippen LogP contribution in [-0.2, 0) is 7.05 Å². The van der Waals surface area contributed by atoms with Gasteiger partial charge in [0.05, 0.1) is 16.9 Å². The minimum atomic E-state index is -0.0319. The number of rotatable bonds is 1. The van der Waals surface area contributed by atoms with Crippen LogP contribution in [0.25, 0.3) is 11.2 Å². The number of anilines is 2. The molecule has 1 saturated heterocycles. The number of amides is 1. The smallest absolute Gasteiger partial charge is 0.260 e. The number of carbonyl (C=O) groups excluding carboxylic acids is 1. The highest BCUT2D eigenvalue weighted by molar-refractivity contribution is 6.13. The molecule has 3 aromatic rings. The maximum atomic E-state index is 13.5. The first-order valence-corrected chi connectivity index (χ1v) is 9.06. The molecule has 5 rings (SSSR count). The van der Waals surface area contributed by atoms with Crippen molar-refractivity contribution in [2.24, 2.45) is 7.05 Å². The Morgan fingerprint density at radius 1 is 1.15 bits per heavy atom. The molecule has 2 aliphatic rings. The van der Waals surface area contributed by atoms with Gasteiger partial charge in [0, 0.05) is 32.4 Å². The van der Waals surface area contributed by atoms with Gasteiger partial charge in [-0.1, -0.05) is 17.3 Å². The second kappa shape index (κ2) is 5.79. The molecule has 2 aliphatic heterocycles. The van der Waals surface area contributed by atoms with E-state index in [4.69, 9.17) is 0 Å². The summed E-state index contributed by atoms with van der Waals surface area (Å²) in [6, 6.07) is 10.3. The van der Waals surface area contributed by atoms with Gasteiger partial charge in [-0.25, -0.2) is 9.67 Å². The number of carbonyl (C=O) groups is 1. The highest BCUT2D eigenvalue weighted by Crippen LogP contribution is 2.39. The lowest BCUT2D eigenvalue weighted by Crippen LogP contribution is -2.53. The summed E-state index contributed by atoms with van der Waals surface area (Å²) in [6.45, 7) is 1.77. The third-order valence-electron chi connectivity index (χ3n) is 5.47. The van der Waals surface area contributed by atoms with E-state index in [2.05, 4.69) is 26.3 Å². The predicted molar refractivity (Wildman–Crippen MR) is 99.4 cm³/mol. The number of hydrogen-bond donors (Lipinski definition) is 0. The van der Waals surface area contributed by atoms with E-state index < -0.39 is 0 Å². The maximum Gasteiger partial charge on any atom is 0.260 e. The fraction of sp³-hybridized carbons (Fsp3) is 0.368. The summed E-state index contributed by atoms with van der Waals surface area (Å²) in [5, 5.41) is 8.18. The van der Waals surface area contributed by atoms with Gasteiger partial charge in [-0.15, -0.1) is 5.10 Å². The molecule has 2 aromatic heterocycles. The quantitative estimate of drug-likeness (QED) is 0.675. The lowest BCUT2D eigenvalue weighted by atomic mass is 9.96. The molecule has 0 N–H and O–H groups in total. The Balaban J connectivity index is 1.61. The van der Waals surface area contributed by atoms with Crippen LogP contribution >= 0.6 is 0 Å². The SMILES string of the molecule is Cn1nnc2c(C(=O)N3CC4CCCCN4c4ccccc43)ccnc21. The molecule has 132 valence electrons. The summed E-state index contributed by atoms with van der Waals surface area (Å²) < 4.78 is 1.60. The molecule has 1 atom stereocenters. The van der Waals surface area contributed by atoms with Crippen molar-refractivity contribution in [2.75, 3.05) is 22.9 Å². The van der Waals surface area contributed by atoms with Crippen LogP contribution in [0.1, 0.15) is 29.6 Å². The van der Waals surface area contributed by atoms with Gasteiger partial charge in [0.25, 0.3) is 5.91 Å². The summed E-state index contributed by atoms with van der Waals surface area (Å²) in [7, 11) is 1.78. The number of nitrogens with zero attached hydrogens (tertiary/aromatic N) is 6. The van der Waals surface area contributed by atoms with Crippen LogP contribution in [-0.4, -0.2) is 45.0 Å². The molecule has 1 unspecified atom stereocenters. The number of piperidine rings is 1. The van der Waals surface area contributed by atoms with Gasteiger partial charge < -0.3 is 9.80 Å². The molecule has 0 saturated carbocycles. The fourth-order valence-corrected chi connectivity index (χ4v) is 4.19. The summed E-state index contributed by atoms with van der Waals surface area (Å²) in [4.78, 5) is 22.1. The topological polar surface area (TPSA) is 67.2 Å². The minimum absolute atomic E-state index is 0.0319. The predicted octanol–water partition coefficient (Wildman–Crippen LogP) is 2.38. The standard InChI is InChI=1S/C19H20N6O/c1-23-18-17(21-22-23)14(9-10-20-18)19(26)25-12-13-6-4-5-11-24(13)15-7-2-3-8-16(15)25/h2-3,7-10,13H,4-6,11-12H2,1H3. The van der Waals surface area contributed by atoms with Gasteiger partial charge in [-0.05, 0) is 37.5 Å². The molecule has 7 nitrogen and oxygen atoms in total. The zero-order valence-corrected chi connectivity index (χ0v) is 14.7. The number of aromatic nitrogens is 4. The van der Waals surface area contributed by atoms with E-state index in [0.29, 0.717) is 29.3 Å². The third kappa shape index (κ3) is 2.20. The zero-order valence-electron chi connectivity index (χ0n) is 14.7. The molecule has 7 heteroatoms. The fourth-order valence-electron chi connectivity index (χ4n) is 4.19. The van der Waals surface area contributed by atoms with Crippen molar-refractivity contribution in [3.05, 3.63) is 42.1 Å². The van der Waals surface area contributed by atoms with E-state index >= 15 is 0 Å². The van der Waals surface area contributed by atoms with E-state index in [9.17, 15) is 4.79 Å². The number of aryl methyl sites for hydroxylation is 1. The average Bonchev–Trinajstić information content (AvgIpc) is 3.08. The lowest BCUT2D eigenvalue weighted by molar-refractivity contribution is 0.0984. The van der Waals surface area contributed by atoms with Gasteiger partial charge >= 0.3 is 0 Å². The van der Waals surface area contributed by atoms with Crippen molar-refractivity contribution in [3.8, 4) is 0 Å². The Labute approximate surface area is 151 Å². The summed E-state index contributed by atoms with van der Waals surface area (Å²) in [5.41, 5.74) is 3.87. The van der Waals surface area contributed by atoms with Crippen LogP contribution in [0.3, 0.4) is 0 Å². The highest BCUT2D eigenvalue weighted by atomic mass is 16.2. The molecule has 1 fully saturated rings. The Hall–Kier alpha value is -2.96. The Morgan fingerprint density at radius 2 is 2.00 bits per heavy atom. The highest BCUT2D eigenvalue weighted by Gasteiger charge is 2.35. The number of hydrogen-bond acceptors (Lipinski definition) is 5. The van der Waals surface area contributed by atoms with E-state index in [1.807, 2.05) is 23.1 Å². The molecular weight excluding hydrogens is 328 g/mol. The summed E-state index contributed by atoms with van der Waals surface area (Å²) >= 11 is 0. The molecule has 26 heavy (non-hydrogen) atoms. The second-order valence-corrected chi connectivity index (χ2v) is 6.99. The monoisotopic (exact) mass is 348 g/mol. The summed E-state index contributed by atoms with van der Waals surface area (Å²) in [6.07, 6.45) is 5.20. The second-order valence-electron chi connectivity index (χ2n) is 6.99. The van der Waals surface area contributed by atoms with Crippen molar-refractivity contribution in [3.63, 3.8) is 0 Å². The number of pyridine rings is 1. The van der Waals surface area contributed by atoms with Gasteiger partial charge in [-0.2, -0.15) is 0 Å². The van der Waals surface area contributed by atoms with E-state index in [-0.39, 0.29) is 5.91 Å². The normalized spacial score (nSPS) is 19.3. The Kier molecular flexibility index (Phi) is 3.41. The van der Waals surface area contributed by atoms with Gasteiger partial charge in [-0.3, -0.25) is 4.79 Å². The van der Waals surface area contributed by atoms with Gasteiger partial charge in [0.1, 0.15) is 5.52 Å². The van der Waals surface area contributed by atoms with Crippen LogP contribution in [0.2, 0.25) is 0 Å². The molecule has 0 spiro atoms. The zero-order chi connectivity index (χ0) is 17.7. The van der Waals surface area contributed by atoms with Crippen molar-refractivity contribution in [2.45, 2.75) is 25.3 Å². The first-order valence-electron chi connectivity index (χ1n) is 9.06. The first-order chi connectivity index (χ1) is 12.7. The molecule has 0 bridgehead atoms. The Bertz CT molecular complexity index is 997. The molecule has 1 aromatic carbocycles. The van der Waals surface area contributed by atoms with Crippen molar-refractivity contribution in [1.29, 1.82) is 0 Å². The number of para-hydroxylation sites is 2. The van der Waals surface area contributed by atoms with Crippen molar-refractivity contribution < 1.29 is 4.79 Å². The molecular formula is C19H20N6O. The van der Waals surface area contributed by atoms with Gasteiger partial charge in [0.15, 0.2) is 5.65 Å². The summed E-state index contributed by atoms with van der Waals surface area (Å²) in [5.74, 6) is -0.0319. The van der Waals surface area contributed by atoms with Crippen LogP contribution in [0.5, 0.6) is 0 Å². The molecule has 4 heterocycles. The first kappa shape index (κ1) is 15.3. The number of benzene rings is 1. The van der Waals surface area contributed by atoms with E-state index in [0.717, 1.165) is 24.3 Å². The number of fused-ring (bicyclic) bond motifs is 4. The van der Waals surface area contributed by atoms with Crippen molar-refractivity contribution in [1.82, 2.24) is 20.0 Å². The van der Waals surface area contributed by atoms with E-state index in [1.165, 1.54) is 12.8 Å². The lowest BCUT2D eigenvalue weighted by Gasteiger charge is -2.46.